The van der Waals surface area contributed by atoms with Crippen molar-refractivity contribution in [1.82, 2.24) is 0 Å². The standard InChI is InChI=1S/C18H21OS/c1-18(2,3)13-19-16-9-5-7-14(11-16)15-8-6-10-17(12-15)20-4/h5-11H,13H2,1-4H3. The van der Waals surface area contributed by atoms with Gasteiger partial charge in [0.15, 0.2) is 0 Å². The highest BCUT2D eigenvalue weighted by molar-refractivity contribution is 7.98. The van der Waals surface area contributed by atoms with E-state index in [9.17, 15) is 0 Å². The van der Waals surface area contributed by atoms with Gasteiger partial charge in [-0.25, -0.2) is 0 Å². The van der Waals surface area contributed by atoms with Gasteiger partial charge in [-0.1, -0.05) is 45.0 Å². The first-order valence-corrected chi connectivity index (χ1v) is 8.00. The maximum atomic E-state index is 5.87. The second-order valence-electron chi connectivity index (χ2n) is 6.01. The van der Waals surface area contributed by atoms with Crippen molar-refractivity contribution in [1.29, 1.82) is 0 Å². The van der Waals surface area contributed by atoms with Gasteiger partial charge in [-0.2, -0.15) is 0 Å². The molecule has 105 valence electrons. The summed E-state index contributed by atoms with van der Waals surface area (Å²) < 4.78 is 5.87. The van der Waals surface area contributed by atoms with Crippen molar-refractivity contribution in [2.45, 2.75) is 25.7 Å². The minimum atomic E-state index is 0.168. The molecule has 2 aromatic carbocycles. The molecule has 0 saturated carbocycles. The summed E-state index contributed by atoms with van der Waals surface area (Å²) in [5.74, 6) is 0.917. The average molecular weight is 285 g/mol. The molecule has 0 fully saturated rings. The summed E-state index contributed by atoms with van der Waals surface area (Å²) >= 11 is 1.71. The molecule has 0 aromatic heterocycles. The molecule has 0 saturated heterocycles. The SMILES string of the molecule is CSc1[c]c(-c2cccc(OCC(C)(C)C)c2)ccc1. The van der Waals surface area contributed by atoms with Crippen LogP contribution in [0.4, 0.5) is 0 Å². The third kappa shape index (κ3) is 4.31. The van der Waals surface area contributed by atoms with Crippen molar-refractivity contribution in [2.75, 3.05) is 12.9 Å². The minimum Gasteiger partial charge on any atom is -0.493 e. The summed E-state index contributed by atoms with van der Waals surface area (Å²) in [5, 5.41) is 0. The van der Waals surface area contributed by atoms with E-state index in [-0.39, 0.29) is 5.41 Å². The van der Waals surface area contributed by atoms with Crippen molar-refractivity contribution in [3.8, 4) is 16.9 Å². The third-order valence-electron chi connectivity index (χ3n) is 2.81. The molecule has 0 atom stereocenters. The van der Waals surface area contributed by atoms with E-state index in [0.717, 1.165) is 21.8 Å². The highest BCUT2D eigenvalue weighted by Crippen LogP contribution is 2.27. The lowest BCUT2D eigenvalue weighted by Crippen LogP contribution is -2.16. The van der Waals surface area contributed by atoms with Gasteiger partial charge >= 0.3 is 0 Å². The summed E-state index contributed by atoms with van der Waals surface area (Å²) in [5.41, 5.74) is 2.42. The highest BCUT2D eigenvalue weighted by atomic mass is 32.2. The number of hydrogen-bond donors (Lipinski definition) is 0. The highest BCUT2D eigenvalue weighted by Gasteiger charge is 2.11. The molecule has 0 heterocycles. The van der Waals surface area contributed by atoms with Gasteiger partial charge in [0, 0.05) is 11.0 Å². The van der Waals surface area contributed by atoms with Crippen molar-refractivity contribution in [2.24, 2.45) is 5.41 Å². The van der Waals surface area contributed by atoms with Crippen molar-refractivity contribution < 1.29 is 4.74 Å². The second-order valence-corrected chi connectivity index (χ2v) is 6.86. The Morgan fingerprint density at radius 3 is 2.55 bits per heavy atom. The van der Waals surface area contributed by atoms with Crippen LogP contribution < -0.4 is 4.74 Å². The Labute approximate surface area is 126 Å². The van der Waals surface area contributed by atoms with E-state index in [1.807, 2.05) is 12.1 Å². The number of hydrogen-bond acceptors (Lipinski definition) is 2. The molecule has 0 aliphatic carbocycles. The number of thioether (sulfide) groups is 1. The fourth-order valence-corrected chi connectivity index (χ4v) is 2.22. The summed E-state index contributed by atoms with van der Waals surface area (Å²) in [6.45, 7) is 7.23. The Balaban J connectivity index is 2.20. The normalized spacial score (nSPS) is 11.4. The molecule has 2 aromatic rings. The van der Waals surface area contributed by atoms with E-state index in [1.165, 1.54) is 0 Å². The fourth-order valence-electron chi connectivity index (χ4n) is 1.79. The molecule has 0 bridgehead atoms. The fraction of sp³-hybridized carbons (Fsp3) is 0.333. The van der Waals surface area contributed by atoms with Crippen LogP contribution in [0, 0.1) is 11.5 Å². The Hall–Kier alpha value is -1.41. The van der Waals surface area contributed by atoms with Gasteiger partial charge in [0.1, 0.15) is 5.75 Å². The molecule has 1 radical (unpaired) electrons. The molecule has 0 amide bonds. The van der Waals surface area contributed by atoms with Crippen molar-refractivity contribution >= 4 is 11.8 Å². The maximum Gasteiger partial charge on any atom is 0.119 e. The molecular formula is C18H21OS. The molecular weight excluding hydrogens is 264 g/mol. The summed E-state index contributed by atoms with van der Waals surface area (Å²) in [6, 6.07) is 17.9. The molecule has 0 N–H and O–H groups in total. The Kier molecular flexibility index (Phi) is 4.77. The molecule has 1 nitrogen and oxygen atoms in total. The van der Waals surface area contributed by atoms with Crippen LogP contribution in [-0.2, 0) is 0 Å². The predicted octanol–water partition coefficient (Wildman–Crippen LogP) is 5.30. The van der Waals surface area contributed by atoms with E-state index in [4.69, 9.17) is 4.74 Å². The van der Waals surface area contributed by atoms with E-state index >= 15 is 0 Å². The van der Waals surface area contributed by atoms with Crippen LogP contribution in [0.2, 0.25) is 0 Å². The van der Waals surface area contributed by atoms with Gasteiger partial charge in [0.25, 0.3) is 0 Å². The molecule has 0 aliphatic rings. The third-order valence-corrected chi connectivity index (χ3v) is 3.48. The zero-order valence-corrected chi connectivity index (χ0v) is 13.4. The second kappa shape index (κ2) is 6.36. The van der Waals surface area contributed by atoms with E-state index < -0.39 is 0 Å². The lowest BCUT2D eigenvalue weighted by Gasteiger charge is -2.19. The van der Waals surface area contributed by atoms with Crippen LogP contribution in [0.5, 0.6) is 5.75 Å². The van der Waals surface area contributed by atoms with Gasteiger partial charge in [0.2, 0.25) is 0 Å². The summed E-state index contributed by atoms with van der Waals surface area (Å²) in [7, 11) is 0. The van der Waals surface area contributed by atoms with Gasteiger partial charge in [-0.3, -0.25) is 0 Å². The predicted molar refractivity (Wildman–Crippen MR) is 87.4 cm³/mol. The van der Waals surface area contributed by atoms with E-state index in [0.29, 0.717) is 6.61 Å². The molecule has 20 heavy (non-hydrogen) atoms. The number of benzene rings is 2. The number of rotatable bonds is 4. The maximum absolute atomic E-state index is 5.87. The first kappa shape index (κ1) is 15.0. The molecule has 2 rings (SSSR count). The first-order valence-electron chi connectivity index (χ1n) is 6.77. The first-order chi connectivity index (χ1) is 9.48. The van der Waals surface area contributed by atoms with E-state index in [2.05, 4.69) is 63.4 Å². The van der Waals surface area contributed by atoms with Gasteiger partial charge < -0.3 is 4.74 Å². The van der Waals surface area contributed by atoms with Crippen LogP contribution >= 0.6 is 11.8 Å². The van der Waals surface area contributed by atoms with E-state index in [1.54, 1.807) is 11.8 Å². The van der Waals surface area contributed by atoms with Crippen LogP contribution in [0.15, 0.2) is 47.4 Å². The Morgan fingerprint density at radius 2 is 1.85 bits per heavy atom. The Bertz CT molecular complexity index is 570. The zero-order chi connectivity index (χ0) is 14.6. The zero-order valence-electron chi connectivity index (χ0n) is 12.6. The van der Waals surface area contributed by atoms with Crippen molar-refractivity contribution in [3.63, 3.8) is 0 Å². The lowest BCUT2D eigenvalue weighted by atomic mass is 9.98. The van der Waals surface area contributed by atoms with Crippen LogP contribution in [0.25, 0.3) is 11.1 Å². The van der Waals surface area contributed by atoms with Crippen LogP contribution in [0.3, 0.4) is 0 Å². The molecule has 0 aliphatic heterocycles. The lowest BCUT2D eigenvalue weighted by molar-refractivity contribution is 0.198. The van der Waals surface area contributed by atoms with Crippen LogP contribution in [0.1, 0.15) is 20.8 Å². The molecule has 0 unspecified atom stereocenters. The monoisotopic (exact) mass is 285 g/mol. The Morgan fingerprint density at radius 1 is 1.10 bits per heavy atom. The van der Waals surface area contributed by atoms with Crippen molar-refractivity contribution in [3.05, 3.63) is 48.5 Å². The largest absolute Gasteiger partial charge is 0.493 e. The molecule has 2 heteroatoms. The van der Waals surface area contributed by atoms with Gasteiger partial charge in [0.05, 0.1) is 6.61 Å². The molecule has 0 spiro atoms. The summed E-state index contributed by atoms with van der Waals surface area (Å²) in [4.78, 5) is 1.16. The number of ether oxygens (including phenoxy) is 1. The topological polar surface area (TPSA) is 9.23 Å². The van der Waals surface area contributed by atoms with Gasteiger partial charge in [-0.15, -0.1) is 11.8 Å². The summed E-state index contributed by atoms with van der Waals surface area (Å²) in [6.07, 6.45) is 2.07. The average Bonchev–Trinajstić information content (AvgIpc) is 2.45. The van der Waals surface area contributed by atoms with Gasteiger partial charge in [-0.05, 0) is 41.0 Å². The minimum absolute atomic E-state index is 0.168. The van der Waals surface area contributed by atoms with Crippen LogP contribution in [-0.4, -0.2) is 12.9 Å². The smallest absolute Gasteiger partial charge is 0.119 e. The quantitative estimate of drug-likeness (QED) is 0.705.